The van der Waals surface area contributed by atoms with Crippen LogP contribution >= 0.6 is 0 Å². The molecule has 2 rings (SSSR count). The van der Waals surface area contributed by atoms with E-state index in [9.17, 15) is 5.11 Å². The number of hydrogen-bond donors (Lipinski definition) is 1. The fraction of sp³-hybridized carbons (Fsp3) is 0.619. The zero-order valence-electron chi connectivity index (χ0n) is 18.6. The molecule has 0 aromatic heterocycles. The maximum atomic E-state index is 11.3. The van der Waals surface area contributed by atoms with Gasteiger partial charge in [0.1, 0.15) is 7.94 Å². The molecular weight excluding hydrogens is 367 g/mol. The maximum absolute atomic E-state index is 11.3. The van der Waals surface area contributed by atoms with Gasteiger partial charge in [0.05, 0.1) is 25.4 Å². The van der Waals surface area contributed by atoms with Crippen molar-refractivity contribution in [3.63, 3.8) is 0 Å². The van der Waals surface area contributed by atoms with Crippen LogP contribution in [-0.2, 0) is 9.31 Å². The molecule has 1 aromatic rings. The minimum Gasteiger partial charge on any atom is -0.406 e. The summed E-state index contributed by atoms with van der Waals surface area (Å²) in [6.07, 6.45) is -0.542. The molecule has 1 heterocycles. The molecule has 2 atom stereocenters. The van der Waals surface area contributed by atoms with Gasteiger partial charge in [0.25, 0.3) is 0 Å². The molecule has 1 aromatic carbocycles. The summed E-state index contributed by atoms with van der Waals surface area (Å²) >= 11 is 0. The number of aliphatic hydroxyl groups excluding tert-OH is 1. The van der Waals surface area contributed by atoms with Crippen LogP contribution < -0.4 is 0 Å². The minimum absolute atomic E-state index is 0.0561. The molecule has 0 saturated carbocycles. The van der Waals surface area contributed by atoms with Crippen molar-refractivity contribution in [1.29, 1.82) is 0 Å². The summed E-state index contributed by atoms with van der Waals surface area (Å²) in [6, 6.07) is 9.97. The monoisotopic (exact) mass is 404 g/mol. The summed E-state index contributed by atoms with van der Waals surface area (Å²) < 4.78 is 12.8. The third kappa shape index (κ3) is 4.35. The van der Waals surface area contributed by atoms with Crippen molar-refractivity contribution in [2.24, 2.45) is 0 Å². The van der Waals surface area contributed by atoms with Gasteiger partial charge in [0.2, 0.25) is 0 Å². The van der Waals surface area contributed by atoms with E-state index in [-0.39, 0.29) is 23.5 Å². The quantitative estimate of drug-likeness (QED) is 0.645. The molecule has 0 unspecified atom stereocenters. The molecule has 1 aliphatic heterocycles. The molecule has 1 N–H and O–H groups in total. The Balaban J connectivity index is 2.38. The lowest BCUT2D eigenvalue weighted by atomic mass is 9.90. The second-order valence-corrected chi connectivity index (χ2v) is 20.4. The van der Waals surface area contributed by atoms with Crippen molar-refractivity contribution >= 4 is 22.7 Å². The Labute approximate surface area is 168 Å². The Morgan fingerprint density at radius 1 is 0.963 bits per heavy atom. The van der Waals surface area contributed by atoms with Gasteiger partial charge >= 0.3 is 6.71 Å². The van der Waals surface area contributed by atoms with Crippen molar-refractivity contribution in [2.45, 2.75) is 83.3 Å². The van der Waals surface area contributed by atoms with E-state index in [4.69, 9.17) is 9.31 Å². The largest absolute Gasteiger partial charge is 0.438 e. The highest BCUT2D eigenvalue weighted by Gasteiger charge is 2.59. The smallest absolute Gasteiger partial charge is 0.406 e. The molecule has 1 saturated heterocycles. The first-order chi connectivity index (χ1) is 12.1. The fourth-order valence-electron chi connectivity index (χ4n) is 3.72. The first-order valence-electron chi connectivity index (χ1n) is 9.89. The van der Waals surface area contributed by atoms with Crippen LogP contribution in [0.1, 0.15) is 39.4 Å². The van der Waals surface area contributed by atoms with Gasteiger partial charge in [-0.1, -0.05) is 68.3 Å². The number of benzene rings is 1. The number of hydrogen-bond acceptors (Lipinski definition) is 3. The highest BCUT2D eigenvalue weighted by Crippen LogP contribution is 2.47. The molecule has 6 heteroatoms. The number of rotatable bonds is 6. The summed E-state index contributed by atoms with van der Waals surface area (Å²) in [6.45, 7) is 24.1. The number of aliphatic hydroxyl groups is 1. The van der Waals surface area contributed by atoms with E-state index in [1.54, 1.807) is 0 Å². The van der Waals surface area contributed by atoms with E-state index in [0.717, 1.165) is 10.8 Å². The van der Waals surface area contributed by atoms with E-state index in [1.807, 2.05) is 30.3 Å². The molecule has 1 aliphatic rings. The van der Waals surface area contributed by atoms with Gasteiger partial charge in [0, 0.05) is 5.54 Å². The molecule has 0 bridgehead atoms. The van der Waals surface area contributed by atoms with Gasteiger partial charge in [-0.15, -0.1) is 6.58 Å². The third-order valence-corrected chi connectivity index (χ3v) is 12.6. The first kappa shape index (κ1) is 22.6. The van der Waals surface area contributed by atoms with Crippen LogP contribution in [-0.4, -0.2) is 39.0 Å². The van der Waals surface area contributed by atoms with E-state index < -0.39 is 22.1 Å². The SMILES string of the molecule is C=C([C@H]([C@H](O)c1ccccc1)[Si](C)(C)C)[Si](C)(C)B1OC(C)(C)C(C)(C)O1. The molecule has 27 heavy (non-hydrogen) atoms. The van der Waals surface area contributed by atoms with E-state index in [0.29, 0.717) is 0 Å². The first-order valence-corrected chi connectivity index (χ1v) is 16.5. The summed E-state index contributed by atoms with van der Waals surface area (Å²) in [5.41, 5.74) is 0.314. The average molecular weight is 405 g/mol. The van der Waals surface area contributed by atoms with Crippen LogP contribution in [0.3, 0.4) is 0 Å². The molecule has 0 aliphatic carbocycles. The zero-order valence-corrected chi connectivity index (χ0v) is 20.6. The molecule has 1 fully saturated rings. The van der Waals surface area contributed by atoms with Crippen molar-refractivity contribution in [2.75, 3.05) is 0 Å². The van der Waals surface area contributed by atoms with E-state index in [1.165, 1.54) is 0 Å². The van der Waals surface area contributed by atoms with Gasteiger partial charge in [-0.25, -0.2) is 0 Å². The topological polar surface area (TPSA) is 38.7 Å². The molecule has 0 spiro atoms. The fourth-order valence-corrected chi connectivity index (χ4v) is 10.8. The lowest BCUT2D eigenvalue weighted by Crippen LogP contribution is -2.53. The van der Waals surface area contributed by atoms with Crippen LogP contribution in [0.25, 0.3) is 0 Å². The molecule has 0 amide bonds. The Bertz CT molecular complexity index is 664. The Morgan fingerprint density at radius 2 is 1.41 bits per heavy atom. The van der Waals surface area contributed by atoms with Crippen molar-refractivity contribution in [3.8, 4) is 0 Å². The van der Waals surface area contributed by atoms with Crippen LogP contribution in [0, 0.1) is 0 Å². The Kier molecular flexibility index (Phi) is 6.12. The lowest BCUT2D eigenvalue weighted by molar-refractivity contribution is 0.00578. The lowest BCUT2D eigenvalue weighted by Gasteiger charge is -2.41. The van der Waals surface area contributed by atoms with Gasteiger partial charge in [-0.2, -0.15) is 0 Å². The molecule has 3 nitrogen and oxygen atoms in total. The summed E-state index contributed by atoms with van der Waals surface area (Å²) in [5.74, 6) is 0. The van der Waals surface area contributed by atoms with Crippen LogP contribution in [0.4, 0.5) is 0 Å². The predicted molar refractivity (Wildman–Crippen MR) is 121 cm³/mol. The zero-order chi connectivity index (χ0) is 20.8. The van der Waals surface area contributed by atoms with Crippen molar-refractivity contribution < 1.29 is 14.4 Å². The second kappa shape index (κ2) is 7.30. The van der Waals surface area contributed by atoms with Crippen molar-refractivity contribution in [1.82, 2.24) is 0 Å². The highest BCUT2D eigenvalue weighted by molar-refractivity contribution is 7.31. The van der Waals surface area contributed by atoms with E-state index in [2.05, 4.69) is 67.0 Å². The Hall–Kier alpha value is -0.661. The van der Waals surface area contributed by atoms with Gasteiger partial charge in [0.15, 0.2) is 0 Å². The van der Waals surface area contributed by atoms with Gasteiger partial charge in [-0.3, -0.25) is 0 Å². The van der Waals surface area contributed by atoms with Crippen LogP contribution in [0.2, 0.25) is 38.3 Å². The van der Waals surface area contributed by atoms with Crippen molar-refractivity contribution in [3.05, 3.63) is 47.7 Å². The minimum atomic E-state index is -2.18. The third-order valence-electron chi connectivity index (χ3n) is 6.44. The Morgan fingerprint density at radius 3 is 1.81 bits per heavy atom. The highest BCUT2D eigenvalue weighted by atomic mass is 28.3. The normalized spacial score (nSPS) is 21.8. The van der Waals surface area contributed by atoms with Crippen LogP contribution in [0.5, 0.6) is 0 Å². The molecular formula is C21H37BO3Si2. The molecule has 150 valence electrons. The summed E-state index contributed by atoms with van der Waals surface area (Å²) in [5, 5.41) is 12.5. The second-order valence-electron chi connectivity index (χ2n) is 10.5. The van der Waals surface area contributed by atoms with Crippen LogP contribution in [0.15, 0.2) is 42.1 Å². The summed E-state index contributed by atoms with van der Waals surface area (Å²) in [4.78, 5) is 0. The standard InChI is InChI=1S/C21H37BO3Si2/c1-16(27(9,10)22-24-20(2,3)21(4,5)25-22)19(26(6,7)8)18(23)17-14-12-11-13-15-17/h11-15,18-19,23H,1H2,2-10H3/t18-,19-/m1/s1. The average Bonchev–Trinajstić information content (AvgIpc) is 2.75. The maximum Gasteiger partial charge on any atom is 0.438 e. The predicted octanol–water partition coefficient (Wildman–Crippen LogP) is 5.40. The van der Waals surface area contributed by atoms with Gasteiger partial charge in [-0.05, 0) is 33.3 Å². The molecule has 0 radical (unpaired) electrons. The van der Waals surface area contributed by atoms with E-state index >= 15 is 0 Å². The van der Waals surface area contributed by atoms with Gasteiger partial charge < -0.3 is 14.4 Å². The summed E-state index contributed by atoms with van der Waals surface area (Å²) in [7, 11) is -3.94.